The van der Waals surface area contributed by atoms with Gasteiger partial charge in [-0.2, -0.15) is 0 Å². The maximum atomic E-state index is 11.6. The molecule has 0 aromatic heterocycles. The van der Waals surface area contributed by atoms with Crippen molar-refractivity contribution in [1.29, 1.82) is 0 Å². The first-order valence-electron chi connectivity index (χ1n) is 5.76. The lowest BCUT2D eigenvalue weighted by Crippen LogP contribution is -2.07. The quantitative estimate of drug-likeness (QED) is 0.469. The van der Waals surface area contributed by atoms with E-state index in [1.165, 1.54) is 12.1 Å². The Labute approximate surface area is 101 Å². The van der Waals surface area contributed by atoms with E-state index in [1.54, 1.807) is 6.07 Å². The van der Waals surface area contributed by atoms with E-state index in [2.05, 4.69) is 13.8 Å². The van der Waals surface area contributed by atoms with E-state index in [0.29, 0.717) is 18.2 Å². The van der Waals surface area contributed by atoms with E-state index >= 15 is 0 Å². The monoisotopic (exact) mass is 237 g/mol. The number of benzene rings is 1. The van der Waals surface area contributed by atoms with E-state index in [-0.39, 0.29) is 11.3 Å². The van der Waals surface area contributed by atoms with Crippen molar-refractivity contribution in [3.8, 4) is 5.75 Å². The van der Waals surface area contributed by atoms with Gasteiger partial charge in [0.25, 0.3) is 0 Å². The van der Waals surface area contributed by atoms with Crippen LogP contribution in [0.1, 0.15) is 37.0 Å². The number of aromatic hydroxyl groups is 1. The molecule has 0 saturated heterocycles. The van der Waals surface area contributed by atoms with Crippen molar-refractivity contribution >= 4 is 11.7 Å². The number of nitrogen functional groups attached to an aromatic ring is 1. The molecule has 0 aliphatic carbocycles. The van der Waals surface area contributed by atoms with Crippen LogP contribution >= 0.6 is 0 Å². The van der Waals surface area contributed by atoms with Crippen molar-refractivity contribution in [1.82, 2.24) is 0 Å². The summed E-state index contributed by atoms with van der Waals surface area (Å²) in [5, 5.41) is 9.53. The summed E-state index contributed by atoms with van der Waals surface area (Å²) < 4.78 is 5.06. The highest BCUT2D eigenvalue weighted by atomic mass is 16.5. The average molecular weight is 237 g/mol. The molecule has 0 fully saturated rings. The van der Waals surface area contributed by atoms with Crippen LogP contribution < -0.4 is 5.73 Å². The Kier molecular flexibility index (Phi) is 4.82. The molecule has 4 heteroatoms. The molecule has 0 aliphatic heterocycles. The number of nitrogens with two attached hydrogens (primary N) is 1. The Morgan fingerprint density at radius 2 is 2.18 bits per heavy atom. The minimum atomic E-state index is -0.508. The first-order chi connectivity index (χ1) is 8.00. The summed E-state index contributed by atoms with van der Waals surface area (Å²) in [5.41, 5.74) is 6.04. The molecule has 0 unspecified atom stereocenters. The molecule has 0 aliphatic rings. The van der Waals surface area contributed by atoms with Gasteiger partial charge in [-0.1, -0.05) is 13.8 Å². The third-order valence-corrected chi connectivity index (χ3v) is 2.40. The van der Waals surface area contributed by atoms with Gasteiger partial charge in [0.2, 0.25) is 0 Å². The zero-order valence-corrected chi connectivity index (χ0v) is 10.3. The van der Waals surface area contributed by atoms with Gasteiger partial charge < -0.3 is 15.6 Å². The van der Waals surface area contributed by atoms with Gasteiger partial charge in [0.05, 0.1) is 6.61 Å². The largest absolute Gasteiger partial charge is 0.507 e. The summed E-state index contributed by atoms with van der Waals surface area (Å²) in [7, 11) is 0. The Bertz CT molecular complexity index is 388. The Morgan fingerprint density at radius 1 is 1.47 bits per heavy atom. The van der Waals surface area contributed by atoms with Crippen LogP contribution in [0.3, 0.4) is 0 Å². The third kappa shape index (κ3) is 4.34. The van der Waals surface area contributed by atoms with Crippen molar-refractivity contribution in [2.45, 2.75) is 26.7 Å². The molecule has 0 saturated carbocycles. The number of hydrogen-bond donors (Lipinski definition) is 2. The molecular formula is C13H19NO3. The topological polar surface area (TPSA) is 72.5 Å². The molecule has 0 atom stereocenters. The number of phenols is 1. The van der Waals surface area contributed by atoms with Crippen LogP contribution in [0.15, 0.2) is 18.2 Å². The zero-order valence-electron chi connectivity index (χ0n) is 10.3. The van der Waals surface area contributed by atoms with Crippen LogP contribution in [0.4, 0.5) is 5.69 Å². The van der Waals surface area contributed by atoms with E-state index in [1.807, 2.05) is 0 Å². The second-order valence-corrected chi connectivity index (χ2v) is 4.45. The van der Waals surface area contributed by atoms with Crippen molar-refractivity contribution in [2.24, 2.45) is 5.92 Å². The molecule has 1 aromatic carbocycles. The fraction of sp³-hybridized carbons (Fsp3) is 0.462. The molecule has 3 N–H and O–H groups in total. The minimum Gasteiger partial charge on any atom is -0.507 e. The lowest BCUT2D eigenvalue weighted by Gasteiger charge is -2.07. The van der Waals surface area contributed by atoms with Crippen LogP contribution in [0.25, 0.3) is 0 Å². The van der Waals surface area contributed by atoms with Crippen LogP contribution in [0, 0.1) is 5.92 Å². The number of rotatable bonds is 5. The van der Waals surface area contributed by atoms with Crippen LogP contribution in [0.2, 0.25) is 0 Å². The average Bonchev–Trinajstić information content (AvgIpc) is 2.23. The number of esters is 1. The predicted octanol–water partition coefficient (Wildman–Crippen LogP) is 2.57. The molecule has 1 rings (SSSR count). The molecule has 94 valence electrons. The standard InChI is InChI=1S/C13H19NO3/c1-9(2)4-3-7-17-13(16)11-6-5-10(14)8-12(11)15/h5-6,8-9,15H,3-4,7,14H2,1-2H3. The SMILES string of the molecule is CC(C)CCCOC(=O)c1ccc(N)cc1O. The molecule has 0 heterocycles. The number of ether oxygens (including phenoxy) is 1. The molecule has 17 heavy (non-hydrogen) atoms. The van der Waals surface area contributed by atoms with Crippen molar-refractivity contribution in [3.05, 3.63) is 23.8 Å². The first-order valence-corrected chi connectivity index (χ1v) is 5.76. The highest BCUT2D eigenvalue weighted by Crippen LogP contribution is 2.20. The summed E-state index contributed by atoms with van der Waals surface area (Å²) in [6, 6.07) is 4.37. The van der Waals surface area contributed by atoms with Gasteiger partial charge in [0.15, 0.2) is 0 Å². The lowest BCUT2D eigenvalue weighted by molar-refractivity contribution is 0.0491. The molecule has 0 radical (unpaired) electrons. The summed E-state index contributed by atoms with van der Waals surface area (Å²) in [6.07, 6.45) is 1.85. The fourth-order valence-corrected chi connectivity index (χ4v) is 1.46. The maximum absolute atomic E-state index is 11.6. The Morgan fingerprint density at radius 3 is 2.76 bits per heavy atom. The minimum absolute atomic E-state index is 0.140. The van der Waals surface area contributed by atoms with Gasteiger partial charge in [-0.25, -0.2) is 4.79 Å². The highest BCUT2D eigenvalue weighted by Gasteiger charge is 2.12. The third-order valence-electron chi connectivity index (χ3n) is 2.40. The highest BCUT2D eigenvalue weighted by molar-refractivity contribution is 5.92. The van der Waals surface area contributed by atoms with Gasteiger partial charge in [-0.15, -0.1) is 0 Å². The van der Waals surface area contributed by atoms with E-state index in [4.69, 9.17) is 10.5 Å². The summed E-state index contributed by atoms with van der Waals surface area (Å²) >= 11 is 0. The fourth-order valence-electron chi connectivity index (χ4n) is 1.46. The maximum Gasteiger partial charge on any atom is 0.341 e. The van der Waals surface area contributed by atoms with Gasteiger partial charge in [-0.3, -0.25) is 0 Å². The molecule has 0 spiro atoms. The van der Waals surface area contributed by atoms with E-state index < -0.39 is 5.97 Å². The Balaban J connectivity index is 2.47. The summed E-state index contributed by atoms with van der Waals surface area (Å²) in [6.45, 7) is 4.61. The zero-order chi connectivity index (χ0) is 12.8. The van der Waals surface area contributed by atoms with E-state index in [0.717, 1.165) is 12.8 Å². The smallest absolute Gasteiger partial charge is 0.341 e. The van der Waals surface area contributed by atoms with Gasteiger partial charge in [0.1, 0.15) is 11.3 Å². The molecule has 0 amide bonds. The Hall–Kier alpha value is -1.71. The van der Waals surface area contributed by atoms with Crippen LogP contribution in [0.5, 0.6) is 5.75 Å². The number of anilines is 1. The first kappa shape index (κ1) is 13.4. The van der Waals surface area contributed by atoms with E-state index in [9.17, 15) is 9.90 Å². The van der Waals surface area contributed by atoms with Gasteiger partial charge in [0, 0.05) is 11.8 Å². The number of carbonyl (C=O) groups excluding carboxylic acids is 1. The molecule has 0 bridgehead atoms. The van der Waals surface area contributed by atoms with Crippen molar-refractivity contribution < 1.29 is 14.6 Å². The number of hydrogen-bond acceptors (Lipinski definition) is 4. The second kappa shape index (κ2) is 6.13. The van der Waals surface area contributed by atoms with Crippen LogP contribution in [-0.2, 0) is 4.74 Å². The second-order valence-electron chi connectivity index (χ2n) is 4.45. The number of phenolic OH excluding ortho intramolecular Hbond substituents is 1. The van der Waals surface area contributed by atoms with Crippen LogP contribution in [-0.4, -0.2) is 17.7 Å². The molecule has 1 aromatic rings. The van der Waals surface area contributed by atoms with Crippen molar-refractivity contribution in [2.75, 3.05) is 12.3 Å². The summed E-state index contributed by atoms with van der Waals surface area (Å²) in [4.78, 5) is 11.6. The molecular weight excluding hydrogens is 218 g/mol. The van der Waals surface area contributed by atoms with Gasteiger partial charge >= 0.3 is 5.97 Å². The predicted molar refractivity (Wildman–Crippen MR) is 66.9 cm³/mol. The van der Waals surface area contributed by atoms with Crippen molar-refractivity contribution in [3.63, 3.8) is 0 Å². The van der Waals surface area contributed by atoms with Gasteiger partial charge in [-0.05, 0) is 30.9 Å². The normalized spacial score (nSPS) is 10.5. The lowest BCUT2D eigenvalue weighted by atomic mass is 10.1. The summed E-state index contributed by atoms with van der Waals surface area (Å²) in [5.74, 6) is -0.0521. The molecule has 4 nitrogen and oxygen atoms in total. The number of carbonyl (C=O) groups is 1.